The van der Waals surface area contributed by atoms with Crippen molar-refractivity contribution in [3.8, 4) is 11.1 Å². The summed E-state index contributed by atoms with van der Waals surface area (Å²) in [7, 11) is 0. The Bertz CT molecular complexity index is 797. The third-order valence-electron chi connectivity index (χ3n) is 4.54. The van der Waals surface area contributed by atoms with Gasteiger partial charge in [0, 0.05) is 16.9 Å². The average Bonchev–Trinajstić information content (AvgIpc) is 3.06. The minimum atomic E-state index is -0.999. The molecular weight excluding hydrogens is 334 g/mol. The zero-order valence-electron chi connectivity index (χ0n) is 14.1. The molecule has 2 aromatic carbocycles. The summed E-state index contributed by atoms with van der Waals surface area (Å²) in [5.74, 6) is -0.0280. The predicted molar refractivity (Wildman–Crippen MR) is 101 cm³/mol. The summed E-state index contributed by atoms with van der Waals surface area (Å²) in [5, 5.41) is 12.5. The molecule has 25 heavy (non-hydrogen) atoms. The van der Waals surface area contributed by atoms with Crippen molar-refractivity contribution in [2.24, 2.45) is 0 Å². The van der Waals surface area contributed by atoms with Crippen LogP contribution >= 0.6 is 11.8 Å². The zero-order valence-corrected chi connectivity index (χ0v) is 14.9. The van der Waals surface area contributed by atoms with Gasteiger partial charge in [0.05, 0.1) is 5.56 Å². The number of hydrogen-bond donors (Lipinski definition) is 2. The minimum Gasteiger partial charge on any atom is -0.478 e. The number of carboxylic acid groups (broad SMARTS) is 1. The molecule has 0 aliphatic carbocycles. The standard InChI is InChI=1S/C20H21NO3S/c1-20(11-6-12-25-20)13-21-18(22)16-9-4-2-7-14(16)15-8-3-5-10-17(15)19(23)24/h2-5,7-10H,6,11-13H2,1H3,(H,21,22)(H,23,24). The monoisotopic (exact) mass is 355 g/mol. The van der Waals surface area contributed by atoms with Crippen LogP contribution in [0.25, 0.3) is 11.1 Å². The molecule has 0 saturated carbocycles. The molecular formula is C20H21NO3S. The molecule has 0 aromatic heterocycles. The Morgan fingerprint density at radius 1 is 1.08 bits per heavy atom. The molecule has 0 spiro atoms. The summed E-state index contributed by atoms with van der Waals surface area (Å²) in [4.78, 5) is 24.3. The second-order valence-corrected chi connectivity index (χ2v) is 8.16. The van der Waals surface area contributed by atoms with Gasteiger partial charge in [0.25, 0.3) is 5.91 Å². The Morgan fingerprint density at radius 3 is 2.28 bits per heavy atom. The Hall–Kier alpha value is -2.27. The van der Waals surface area contributed by atoms with Gasteiger partial charge in [-0.25, -0.2) is 4.79 Å². The van der Waals surface area contributed by atoms with Gasteiger partial charge in [-0.05, 0) is 48.8 Å². The van der Waals surface area contributed by atoms with Crippen molar-refractivity contribution < 1.29 is 14.7 Å². The highest BCUT2D eigenvalue weighted by atomic mass is 32.2. The number of carbonyl (C=O) groups is 2. The molecule has 4 nitrogen and oxygen atoms in total. The van der Waals surface area contributed by atoms with E-state index in [9.17, 15) is 14.7 Å². The van der Waals surface area contributed by atoms with E-state index in [0.29, 0.717) is 23.2 Å². The van der Waals surface area contributed by atoms with E-state index >= 15 is 0 Å². The van der Waals surface area contributed by atoms with Gasteiger partial charge < -0.3 is 10.4 Å². The number of carbonyl (C=O) groups excluding carboxylic acids is 1. The van der Waals surface area contributed by atoms with Crippen LogP contribution in [0.4, 0.5) is 0 Å². The molecule has 1 aliphatic heterocycles. The number of aromatic carboxylic acids is 1. The summed E-state index contributed by atoms with van der Waals surface area (Å²) >= 11 is 1.90. The zero-order chi connectivity index (χ0) is 17.9. The van der Waals surface area contributed by atoms with Crippen LogP contribution in [0.2, 0.25) is 0 Å². The Balaban J connectivity index is 1.89. The molecule has 1 atom stereocenters. The highest BCUT2D eigenvalue weighted by Crippen LogP contribution is 2.37. The first-order valence-electron chi connectivity index (χ1n) is 8.34. The van der Waals surface area contributed by atoms with Crippen molar-refractivity contribution in [3.05, 3.63) is 59.7 Å². The van der Waals surface area contributed by atoms with E-state index in [2.05, 4.69) is 12.2 Å². The van der Waals surface area contributed by atoms with Gasteiger partial charge in [-0.3, -0.25) is 4.79 Å². The summed E-state index contributed by atoms with van der Waals surface area (Å²) < 4.78 is 0.0869. The maximum absolute atomic E-state index is 12.8. The van der Waals surface area contributed by atoms with Crippen molar-refractivity contribution in [1.82, 2.24) is 5.32 Å². The maximum Gasteiger partial charge on any atom is 0.336 e. The number of rotatable bonds is 5. The van der Waals surface area contributed by atoms with E-state index in [4.69, 9.17) is 0 Å². The van der Waals surface area contributed by atoms with Crippen LogP contribution in [0.5, 0.6) is 0 Å². The number of hydrogen-bond acceptors (Lipinski definition) is 3. The second kappa shape index (κ2) is 7.31. The van der Waals surface area contributed by atoms with Crippen LogP contribution in [0.3, 0.4) is 0 Å². The fourth-order valence-corrected chi connectivity index (χ4v) is 4.40. The molecule has 1 aliphatic rings. The van der Waals surface area contributed by atoms with Crippen molar-refractivity contribution >= 4 is 23.6 Å². The quantitative estimate of drug-likeness (QED) is 0.848. The third kappa shape index (κ3) is 3.87. The fraction of sp³-hybridized carbons (Fsp3) is 0.300. The summed E-state index contributed by atoms with van der Waals surface area (Å²) in [6, 6.07) is 13.9. The van der Waals surface area contributed by atoms with Crippen molar-refractivity contribution in [3.63, 3.8) is 0 Å². The van der Waals surface area contributed by atoms with E-state index < -0.39 is 5.97 Å². The molecule has 0 radical (unpaired) electrons. The van der Waals surface area contributed by atoms with Crippen LogP contribution in [-0.4, -0.2) is 34.0 Å². The molecule has 3 rings (SSSR count). The van der Waals surface area contributed by atoms with E-state index in [1.807, 2.05) is 17.8 Å². The molecule has 2 N–H and O–H groups in total. The van der Waals surface area contributed by atoms with Crippen LogP contribution in [0.15, 0.2) is 48.5 Å². The summed E-state index contributed by atoms with van der Waals surface area (Å²) in [6.45, 7) is 2.79. The van der Waals surface area contributed by atoms with Gasteiger partial charge in [-0.15, -0.1) is 0 Å². The lowest BCUT2D eigenvalue weighted by Crippen LogP contribution is -2.36. The molecule has 2 aromatic rings. The molecule has 1 saturated heterocycles. The lowest BCUT2D eigenvalue weighted by molar-refractivity contribution is 0.0697. The lowest BCUT2D eigenvalue weighted by Gasteiger charge is -2.23. The molecule has 1 fully saturated rings. The maximum atomic E-state index is 12.8. The van der Waals surface area contributed by atoms with Gasteiger partial charge >= 0.3 is 5.97 Å². The summed E-state index contributed by atoms with van der Waals surface area (Å²) in [5.41, 5.74) is 1.90. The molecule has 0 bridgehead atoms. The first kappa shape index (κ1) is 17.5. The first-order valence-corrected chi connectivity index (χ1v) is 9.33. The minimum absolute atomic E-state index is 0.0869. The second-order valence-electron chi connectivity index (χ2n) is 6.48. The van der Waals surface area contributed by atoms with E-state index in [0.717, 1.165) is 12.2 Å². The van der Waals surface area contributed by atoms with Crippen molar-refractivity contribution in [2.75, 3.05) is 12.3 Å². The van der Waals surface area contributed by atoms with E-state index in [-0.39, 0.29) is 16.2 Å². The van der Waals surface area contributed by atoms with Crippen LogP contribution in [-0.2, 0) is 0 Å². The Morgan fingerprint density at radius 2 is 1.68 bits per heavy atom. The lowest BCUT2D eigenvalue weighted by atomic mass is 9.95. The van der Waals surface area contributed by atoms with Gasteiger partial charge in [0.15, 0.2) is 0 Å². The molecule has 130 valence electrons. The third-order valence-corrected chi connectivity index (χ3v) is 6.08. The van der Waals surface area contributed by atoms with Gasteiger partial charge in [0.1, 0.15) is 0 Å². The highest BCUT2D eigenvalue weighted by Gasteiger charge is 2.30. The van der Waals surface area contributed by atoms with Crippen LogP contribution < -0.4 is 5.32 Å². The van der Waals surface area contributed by atoms with Gasteiger partial charge in [-0.1, -0.05) is 36.4 Å². The summed E-state index contributed by atoms with van der Waals surface area (Å²) in [6.07, 6.45) is 2.28. The number of carboxylic acids is 1. The normalized spacial score (nSPS) is 19.6. The average molecular weight is 355 g/mol. The Labute approximate surface area is 151 Å². The molecule has 1 heterocycles. The molecule has 1 amide bonds. The highest BCUT2D eigenvalue weighted by molar-refractivity contribution is 8.00. The number of thioether (sulfide) groups is 1. The van der Waals surface area contributed by atoms with Crippen molar-refractivity contribution in [2.45, 2.75) is 24.5 Å². The SMILES string of the molecule is CC1(CNC(=O)c2ccccc2-c2ccccc2C(=O)O)CCCS1. The molecule has 5 heteroatoms. The number of benzene rings is 2. The van der Waals surface area contributed by atoms with Crippen LogP contribution in [0, 0.1) is 0 Å². The fourth-order valence-electron chi connectivity index (χ4n) is 3.16. The van der Waals surface area contributed by atoms with Crippen molar-refractivity contribution in [1.29, 1.82) is 0 Å². The van der Waals surface area contributed by atoms with Crippen LogP contribution in [0.1, 0.15) is 40.5 Å². The first-order chi connectivity index (χ1) is 12.0. The largest absolute Gasteiger partial charge is 0.478 e. The van der Waals surface area contributed by atoms with Gasteiger partial charge in [-0.2, -0.15) is 11.8 Å². The topological polar surface area (TPSA) is 66.4 Å². The molecule has 1 unspecified atom stereocenters. The van der Waals surface area contributed by atoms with E-state index in [1.54, 1.807) is 42.5 Å². The number of nitrogens with one attached hydrogen (secondary N) is 1. The van der Waals surface area contributed by atoms with E-state index in [1.165, 1.54) is 6.42 Å². The van der Waals surface area contributed by atoms with Gasteiger partial charge in [0.2, 0.25) is 0 Å². The Kier molecular flexibility index (Phi) is 5.13. The smallest absolute Gasteiger partial charge is 0.336 e. The number of amides is 1. The predicted octanol–water partition coefficient (Wildman–Crippen LogP) is 4.07.